The second-order valence-electron chi connectivity index (χ2n) is 7.20. The Hall–Kier alpha value is -0.120. The summed E-state index contributed by atoms with van der Waals surface area (Å²) in [7, 11) is 0. The molecule has 22 heavy (non-hydrogen) atoms. The van der Waals surface area contributed by atoms with Crippen LogP contribution in [0.15, 0.2) is 0 Å². The van der Waals surface area contributed by atoms with Crippen LogP contribution in [0.3, 0.4) is 0 Å². The lowest BCUT2D eigenvalue weighted by molar-refractivity contribution is -0.0443. The number of hydrogen-bond acceptors (Lipinski definition) is 3. The van der Waals surface area contributed by atoms with Gasteiger partial charge in [0, 0.05) is 0 Å². The van der Waals surface area contributed by atoms with Gasteiger partial charge in [-0.2, -0.15) is 0 Å². The Balaban J connectivity index is 1.37. The van der Waals surface area contributed by atoms with Gasteiger partial charge in [-0.25, -0.2) is 0 Å². The molecule has 2 aliphatic heterocycles. The summed E-state index contributed by atoms with van der Waals surface area (Å²) in [4.78, 5) is 0. The Morgan fingerprint density at radius 2 is 1.45 bits per heavy atom. The van der Waals surface area contributed by atoms with E-state index in [-0.39, 0.29) is 18.3 Å². The van der Waals surface area contributed by atoms with Crippen molar-refractivity contribution in [1.29, 1.82) is 0 Å². The third-order valence-electron chi connectivity index (χ3n) is 5.14. The van der Waals surface area contributed by atoms with E-state index in [1.165, 1.54) is 57.8 Å². The molecule has 0 radical (unpaired) electrons. The Bertz CT molecular complexity index is 278. The van der Waals surface area contributed by atoms with Crippen LogP contribution < -0.4 is 0 Å². The van der Waals surface area contributed by atoms with E-state index in [0.717, 1.165) is 32.3 Å². The third-order valence-corrected chi connectivity index (χ3v) is 5.14. The standard InChI is InChI=1S/C19H36O3/c1-2-3-4-5-6-7-8-9-10-11-12-16(20)17-13-14-18(22-17)19-15-21-19/h16-20H,2-15H2,1H3/t16-,17-,18+,19+/m0/s1. The van der Waals surface area contributed by atoms with Crippen molar-refractivity contribution >= 4 is 0 Å². The van der Waals surface area contributed by atoms with Gasteiger partial charge in [0.05, 0.1) is 24.9 Å². The van der Waals surface area contributed by atoms with Gasteiger partial charge in [0.25, 0.3) is 0 Å². The number of hydrogen-bond donors (Lipinski definition) is 1. The first-order valence-electron chi connectivity index (χ1n) is 9.76. The van der Waals surface area contributed by atoms with Crippen molar-refractivity contribution in [2.24, 2.45) is 0 Å². The zero-order chi connectivity index (χ0) is 15.6. The van der Waals surface area contributed by atoms with Crippen molar-refractivity contribution in [1.82, 2.24) is 0 Å². The van der Waals surface area contributed by atoms with E-state index in [0.29, 0.717) is 6.10 Å². The van der Waals surface area contributed by atoms with E-state index >= 15 is 0 Å². The topological polar surface area (TPSA) is 42.0 Å². The van der Waals surface area contributed by atoms with E-state index in [2.05, 4.69) is 6.92 Å². The van der Waals surface area contributed by atoms with Crippen molar-refractivity contribution < 1.29 is 14.6 Å². The molecule has 2 saturated heterocycles. The van der Waals surface area contributed by atoms with Crippen LogP contribution in [0.5, 0.6) is 0 Å². The van der Waals surface area contributed by atoms with E-state index in [1.807, 2.05) is 0 Å². The number of rotatable bonds is 13. The molecule has 0 aromatic rings. The highest BCUT2D eigenvalue weighted by Crippen LogP contribution is 2.31. The predicted molar refractivity (Wildman–Crippen MR) is 90.1 cm³/mol. The Labute approximate surface area is 136 Å². The molecule has 0 unspecified atom stereocenters. The minimum atomic E-state index is -0.266. The molecule has 2 heterocycles. The van der Waals surface area contributed by atoms with E-state index in [9.17, 15) is 5.11 Å². The van der Waals surface area contributed by atoms with Crippen molar-refractivity contribution in [3.8, 4) is 0 Å². The van der Waals surface area contributed by atoms with Crippen molar-refractivity contribution in [2.45, 2.75) is 115 Å². The number of aliphatic hydroxyl groups excluding tert-OH is 1. The van der Waals surface area contributed by atoms with Crippen LogP contribution in [0.1, 0.15) is 90.4 Å². The Morgan fingerprint density at radius 3 is 2.05 bits per heavy atom. The molecule has 3 heteroatoms. The molecule has 2 fully saturated rings. The van der Waals surface area contributed by atoms with Crippen molar-refractivity contribution in [2.75, 3.05) is 6.61 Å². The van der Waals surface area contributed by atoms with Gasteiger partial charge < -0.3 is 14.6 Å². The second kappa shape index (κ2) is 10.6. The van der Waals surface area contributed by atoms with Gasteiger partial charge in [0.2, 0.25) is 0 Å². The molecule has 0 aromatic carbocycles. The summed E-state index contributed by atoms with van der Waals surface area (Å²) in [6.45, 7) is 3.12. The quantitative estimate of drug-likeness (QED) is 0.399. The number of aliphatic hydroxyl groups is 1. The van der Waals surface area contributed by atoms with Gasteiger partial charge >= 0.3 is 0 Å². The molecule has 3 nitrogen and oxygen atoms in total. The maximum atomic E-state index is 10.2. The average molecular weight is 312 g/mol. The normalized spacial score (nSPS) is 28.9. The summed E-state index contributed by atoms with van der Waals surface area (Å²) in [5.74, 6) is 0. The van der Waals surface area contributed by atoms with Gasteiger partial charge in [-0.3, -0.25) is 0 Å². The minimum absolute atomic E-state index is 0.0627. The van der Waals surface area contributed by atoms with Gasteiger partial charge in [-0.05, 0) is 19.3 Å². The lowest BCUT2D eigenvalue weighted by atomic mass is 10.0. The summed E-state index contributed by atoms with van der Waals surface area (Å²) in [5, 5.41) is 10.2. The molecule has 0 aliphatic carbocycles. The predicted octanol–water partition coefficient (Wildman–Crippen LogP) is 4.60. The largest absolute Gasteiger partial charge is 0.390 e. The molecule has 0 aromatic heterocycles. The summed E-state index contributed by atoms with van der Waals surface area (Å²) in [6, 6.07) is 0. The smallest absolute Gasteiger partial charge is 0.107 e. The fourth-order valence-corrected chi connectivity index (χ4v) is 3.54. The second-order valence-corrected chi connectivity index (χ2v) is 7.20. The summed E-state index contributed by atoms with van der Waals surface area (Å²) in [5.41, 5.74) is 0. The van der Waals surface area contributed by atoms with Gasteiger partial charge in [0.15, 0.2) is 0 Å². The first-order valence-corrected chi connectivity index (χ1v) is 9.76. The molecular formula is C19H36O3. The molecule has 130 valence electrons. The van der Waals surface area contributed by atoms with E-state index in [4.69, 9.17) is 9.47 Å². The van der Waals surface area contributed by atoms with Crippen molar-refractivity contribution in [3.05, 3.63) is 0 Å². The van der Waals surface area contributed by atoms with Crippen LogP contribution in [0.2, 0.25) is 0 Å². The van der Waals surface area contributed by atoms with Crippen LogP contribution in [-0.2, 0) is 9.47 Å². The molecule has 1 N–H and O–H groups in total. The molecule has 0 amide bonds. The fourth-order valence-electron chi connectivity index (χ4n) is 3.54. The monoisotopic (exact) mass is 312 g/mol. The summed E-state index contributed by atoms with van der Waals surface area (Å²) in [6.07, 6.45) is 16.8. The Morgan fingerprint density at radius 1 is 0.864 bits per heavy atom. The van der Waals surface area contributed by atoms with Crippen LogP contribution in [0, 0.1) is 0 Å². The minimum Gasteiger partial charge on any atom is -0.390 e. The zero-order valence-corrected chi connectivity index (χ0v) is 14.5. The highest BCUT2D eigenvalue weighted by Gasteiger charge is 2.40. The SMILES string of the molecule is CCCCCCCCCCCC[C@H](O)[C@@H]1CC[C@H]([C@H]2CO2)O1. The molecule has 0 bridgehead atoms. The van der Waals surface area contributed by atoms with Gasteiger partial charge in [-0.1, -0.05) is 71.1 Å². The molecule has 0 saturated carbocycles. The number of ether oxygens (including phenoxy) is 2. The van der Waals surface area contributed by atoms with Crippen LogP contribution >= 0.6 is 0 Å². The molecule has 2 aliphatic rings. The third kappa shape index (κ3) is 6.97. The number of epoxide rings is 1. The first kappa shape index (κ1) is 18.2. The fraction of sp³-hybridized carbons (Fsp3) is 1.00. The maximum Gasteiger partial charge on any atom is 0.107 e. The maximum absolute atomic E-state index is 10.2. The Kier molecular flexibility index (Phi) is 8.79. The summed E-state index contributed by atoms with van der Waals surface area (Å²) < 4.78 is 11.2. The highest BCUT2D eigenvalue weighted by atomic mass is 16.6. The molecular weight excluding hydrogens is 276 g/mol. The van der Waals surface area contributed by atoms with Crippen molar-refractivity contribution in [3.63, 3.8) is 0 Å². The molecule has 0 spiro atoms. The number of unbranched alkanes of at least 4 members (excludes halogenated alkanes) is 9. The highest BCUT2D eigenvalue weighted by molar-refractivity contribution is 4.88. The lowest BCUT2D eigenvalue weighted by Gasteiger charge is -2.18. The van der Waals surface area contributed by atoms with Crippen LogP contribution in [0.25, 0.3) is 0 Å². The molecule has 2 rings (SSSR count). The van der Waals surface area contributed by atoms with E-state index < -0.39 is 0 Å². The van der Waals surface area contributed by atoms with Gasteiger partial charge in [0.1, 0.15) is 6.10 Å². The summed E-state index contributed by atoms with van der Waals surface area (Å²) >= 11 is 0. The van der Waals surface area contributed by atoms with E-state index in [1.54, 1.807) is 0 Å². The lowest BCUT2D eigenvalue weighted by Crippen LogP contribution is -2.27. The first-order chi connectivity index (χ1) is 10.8. The van der Waals surface area contributed by atoms with Crippen LogP contribution in [0.4, 0.5) is 0 Å². The average Bonchev–Trinajstić information content (AvgIpc) is 3.26. The van der Waals surface area contributed by atoms with Crippen LogP contribution in [-0.4, -0.2) is 36.1 Å². The zero-order valence-electron chi connectivity index (χ0n) is 14.5. The van der Waals surface area contributed by atoms with Gasteiger partial charge in [-0.15, -0.1) is 0 Å². The molecule has 4 atom stereocenters.